The van der Waals surface area contributed by atoms with Gasteiger partial charge < -0.3 is 4.43 Å². The number of halogens is 2. The number of nitrogens with zero attached hydrogens (tertiary/aromatic N) is 1. The Morgan fingerprint density at radius 2 is 1.79 bits per heavy atom. The maximum Gasteiger partial charge on any atom is 0.192 e. The molecular weight excluding hydrogens is 457 g/mol. The number of hydrogen-bond donors (Lipinski definition) is 0. The summed E-state index contributed by atoms with van der Waals surface area (Å²) < 4.78 is 34.8. The molecular formula is C21H35BrFNO2SSi. The molecule has 0 bridgehead atoms. The first-order valence-corrected chi connectivity index (χ1v) is 14.8. The topological polar surface area (TPSA) is 39.2 Å². The van der Waals surface area contributed by atoms with Crippen molar-refractivity contribution < 1.29 is 13.0 Å². The van der Waals surface area contributed by atoms with E-state index in [0.29, 0.717) is 28.8 Å². The zero-order valence-corrected chi connectivity index (χ0v) is 22.1. The predicted molar refractivity (Wildman–Crippen MR) is 122 cm³/mol. The van der Waals surface area contributed by atoms with Gasteiger partial charge in [-0.1, -0.05) is 20.8 Å². The molecule has 1 heterocycles. The van der Waals surface area contributed by atoms with Gasteiger partial charge in [-0.25, -0.2) is 4.39 Å². The molecule has 0 radical (unpaired) electrons. The summed E-state index contributed by atoms with van der Waals surface area (Å²) in [6, 6.07) is 1.45. The Morgan fingerprint density at radius 3 is 2.21 bits per heavy atom. The van der Waals surface area contributed by atoms with Crippen LogP contribution in [0.3, 0.4) is 0 Å². The molecule has 160 valence electrons. The zero-order chi connectivity index (χ0) is 21.8. The van der Waals surface area contributed by atoms with Crippen LogP contribution in [-0.4, -0.2) is 33.6 Å². The molecule has 0 amide bonds. The van der Waals surface area contributed by atoms with Gasteiger partial charge in [-0.05, 0) is 80.7 Å². The normalized spacial score (nSPS) is 27.4. The number of pyridine rings is 1. The predicted octanol–water partition coefficient (Wildman–Crippen LogP) is 6.34. The highest BCUT2D eigenvalue weighted by Gasteiger charge is 2.59. The molecule has 28 heavy (non-hydrogen) atoms. The van der Waals surface area contributed by atoms with Gasteiger partial charge in [0.2, 0.25) is 0 Å². The van der Waals surface area contributed by atoms with Crippen LogP contribution in [0.4, 0.5) is 4.39 Å². The van der Waals surface area contributed by atoms with Gasteiger partial charge in [-0.3, -0.25) is 9.19 Å². The highest BCUT2D eigenvalue weighted by atomic mass is 79.9. The van der Waals surface area contributed by atoms with Crippen LogP contribution < -0.4 is 0 Å². The molecule has 0 unspecified atom stereocenters. The first-order valence-electron chi connectivity index (χ1n) is 9.81. The minimum Gasteiger partial charge on any atom is -0.412 e. The number of hydrogen-bond acceptors (Lipinski definition) is 3. The fourth-order valence-electron chi connectivity index (χ4n) is 3.83. The van der Waals surface area contributed by atoms with E-state index in [4.69, 9.17) is 4.43 Å². The Hall–Kier alpha value is -0.113. The third kappa shape index (κ3) is 4.95. The molecule has 1 atom stereocenters. The first-order chi connectivity index (χ1) is 12.4. The second kappa shape index (κ2) is 7.54. The minimum absolute atomic E-state index is 0.101. The van der Waals surface area contributed by atoms with Gasteiger partial charge in [0.1, 0.15) is 5.82 Å². The van der Waals surface area contributed by atoms with Crippen LogP contribution in [0.15, 0.2) is 16.7 Å². The lowest BCUT2D eigenvalue weighted by atomic mass is 9.59. The first kappa shape index (κ1) is 24.2. The van der Waals surface area contributed by atoms with Gasteiger partial charge in [0.25, 0.3) is 0 Å². The zero-order valence-electron chi connectivity index (χ0n) is 18.7. The Labute approximate surface area is 182 Å². The lowest BCUT2D eigenvalue weighted by Gasteiger charge is -2.58. The van der Waals surface area contributed by atoms with Gasteiger partial charge in [-0.2, -0.15) is 0 Å². The quantitative estimate of drug-likeness (QED) is 0.450. The summed E-state index contributed by atoms with van der Waals surface area (Å²) in [5.41, 5.74) is -0.476. The maximum atomic E-state index is 14.9. The van der Waals surface area contributed by atoms with Crippen LogP contribution in [0.5, 0.6) is 0 Å². The summed E-state index contributed by atoms with van der Waals surface area (Å²) in [6.07, 6.45) is 2.91. The summed E-state index contributed by atoms with van der Waals surface area (Å²) in [5.74, 6) is 0.0630. The van der Waals surface area contributed by atoms with E-state index in [2.05, 4.69) is 61.7 Å². The summed E-state index contributed by atoms with van der Waals surface area (Å²) in [5, 5.41) is 0.101. The van der Waals surface area contributed by atoms with Crippen molar-refractivity contribution in [2.75, 3.05) is 5.75 Å². The Bertz CT molecular complexity index is 765. The molecule has 0 aliphatic heterocycles. The third-order valence-electron chi connectivity index (χ3n) is 6.13. The maximum absolute atomic E-state index is 14.9. The molecule has 1 aromatic rings. The lowest BCUT2D eigenvalue weighted by molar-refractivity contribution is -0.0583. The van der Waals surface area contributed by atoms with Crippen molar-refractivity contribution in [3.05, 3.63) is 28.2 Å². The van der Waals surface area contributed by atoms with Gasteiger partial charge in [0.15, 0.2) is 8.32 Å². The lowest BCUT2D eigenvalue weighted by Crippen LogP contribution is -2.62. The molecule has 0 N–H and O–H groups in total. The van der Waals surface area contributed by atoms with Crippen LogP contribution in [0.1, 0.15) is 67.0 Å². The second-order valence-corrected chi connectivity index (χ2v) is 18.9. The van der Waals surface area contributed by atoms with Crippen LogP contribution in [0.2, 0.25) is 18.1 Å². The average Bonchev–Trinajstić information content (AvgIpc) is 2.42. The highest BCUT2D eigenvalue weighted by Crippen LogP contribution is 2.55. The van der Waals surface area contributed by atoms with E-state index in [1.165, 1.54) is 6.07 Å². The molecule has 1 aliphatic carbocycles. The molecule has 7 heteroatoms. The monoisotopic (exact) mass is 491 g/mol. The Kier molecular flexibility index (Phi) is 6.50. The van der Waals surface area contributed by atoms with Crippen LogP contribution in [0, 0.1) is 5.82 Å². The average molecular weight is 493 g/mol. The smallest absolute Gasteiger partial charge is 0.192 e. The van der Waals surface area contributed by atoms with Crippen molar-refractivity contribution >= 4 is 35.0 Å². The molecule has 1 aliphatic rings. The summed E-state index contributed by atoms with van der Waals surface area (Å²) in [7, 11) is -3.08. The number of aromatic nitrogens is 1. The standard InChI is InChI=1S/C21H35BrFNO2SSi/c1-18(2,3)27(25)14-21(17-16(23)10-15(22)11-24-17)12-20(7,13-21)26-28(8,9)19(4,5)6/h10-11H,12-14H2,1-9H3/t20?,21?,27-/m1/s1. The van der Waals surface area contributed by atoms with E-state index < -0.39 is 24.5 Å². The van der Waals surface area contributed by atoms with Crippen molar-refractivity contribution in [1.82, 2.24) is 4.98 Å². The van der Waals surface area contributed by atoms with E-state index in [9.17, 15) is 8.60 Å². The van der Waals surface area contributed by atoms with E-state index in [0.717, 1.165) is 0 Å². The fraction of sp³-hybridized carbons (Fsp3) is 0.762. The molecule has 1 aromatic heterocycles. The molecule has 0 aromatic carbocycles. The molecule has 1 fully saturated rings. The van der Waals surface area contributed by atoms with Crippen LogP contribution >= 0.6 is 15.9 Å². The second-order valence-electron chi connectivity index (χ2n) is 11.0. The Morgan fingerprint density at radius 1 is 1.25 bits per heavy atom. The minimum atomic E-state index is -1.97. The van der Waals surface area contributed by atoms with Crippen molar-refractivity contribution in [1.29, 1.82) is 0 Å². The third-order valence-corrected chi connectivity index (χ3v) is 13.4. The Balaban J connectivity index is 2.37. The van der Waals surface area contributed by atoms with Crippen molar-refractivity contribution in [3.8, 4) is 0 Å². The molecule has 2 rings (SSSR count). The van der Waals surface area contributed by atoms with Crippen molar-refractivity contribution in [2.45, 2.75) is 95.2 Å². The molecule has 1 saturated carbocycles. The summed E-state index contributed by atoms with van der Waals surface area (Å²) >= 11 is 3.29. The molecule has 0 saturated heterocycles. The largest absolute Gasteiger partial charge is 0.412 e. The van der Waals surface area contributed by atoms with Crippen LogP contribution in [0.25, 0.3) is 0 Å². The van der Waals surface area contributed by atoms with Gasteiger partial charge in [-0.15, -0.1) is 0 Å². The SMILES string of the molecule is CC1(O[Si](C)(C)C(C)(C)C)CC(C[S@@](=O)C(C)(C)C)(c2ncc(Br)cc2F)C1. The van der Waals surface area contributed by atoms with E-state index in [1.54, 1.807) is 6.20 Å². The van der Waals surface area contributed by atoms with Crippen molar-refractivity contribution in [2.24, 2.45) is 0 Å². The number of rotatable bonds is 5. The van der Waals surface area contributed by atoms with E-state index >= 15 is 0 Å². The molecule has 3 nitrogen and oxygen atoms in total. The van der Waals surface area contributed by atoms with Gasteiger partial charge in [0, 0.05) is 37.4 Å². The van der Waals surface area contributed by atoms with E-state index in [-0.39, 0.29) is 21.2 Å². The van der Waals surface area contributed by atoms with Gasteiger partial charge in [0.05, 0.1) is 11.3 Å². The van der Waals surface area contributed by atoms with Crippen molar-refractivity contribution in [3.63, 3.8) is 0 Å². The van der Waals surface area contributed by atoms with Gasteiger partial charge >= 0.3 is 0 Å². The summed E-state index contributed by atoms with van der Waals surface area (Å²) in [4.78, 5) is 4.42. The van der Waals surface area contributed by atoms with Crippen LogP contribution in [-0.2, 0) is 20.6 Å². The fourth-order valence-corrected chi connectivity index (χ4v) is 7.09. The molecule has 0 spiro atoms. The highest BCUT2D eigenvalue weighted by molar-refractivity contribution is 9.10. The summed E-state index contributed by atoms with van der Waals surface area (Å²) in [6.45, 7) is 19.2. The van der Waals surface area contributed by atoms with E-state index in [1.807, 2.05) is 20.8 Å².